The van der Waals surface area contributed by atoms with Crippen LogP contribution in [0.2, 0.25) is 0 Å². The summed E-state index contributed by atoms with van der Waals surface area (Å²) >= 11 is 0. The van der Waals surface area contributed by atoms with Crippen molar-refractivity contribution >= 4 is 5.91 Å². The molecule has 92 valence electrons. The van der Waals surface area contributed by atoms with Crippen LogP contribution in [-0.4, -0.2) is 18.5 Å². The molecule has 0 radical (unpaired) electrons. The van der Waals surface area contributed by atoms with E-state index in [-0.39, 0.29) is 0 Å². The van der Waals surface area contributed by atoms with Gasteiger partial charge in [0, 0.05) is 5.56 Å². The van der Waals surface area contributed by atoms with Crippen molar-refractivity contribution in [3.05, 3.63) is 35.9 Å². The summed E-state index contributed by atoms with van der Waals surface area (Å²) in [5, 5.41) is 0. The molecule has 0 saturated heterocycles. The van der Waals surface area contributed by atoms with Crippen molar-refractivity contribution in [2.45, 2.75) is 18.9 Å². The maximum atomic E-state index is 10.3. The summed E-state index contributed by atoms with van der Waals surface area (Å²) in [6.07, 6.45) is 6.44. The van der Waals surface area contributed by atoms with E-state index in [0.717, 1.165) is 12.0 Å². The average molecular weight is 233 g/mol. The Bertz CT molecular complexity index is 357. The van der Waals surface area contributed by atoms with Crippen LogP contribution in [0.3, 0.4) is 0 Å². The minimum absolute atomic E-state index is 0.455. The van der Waals surface area contributed by atoms with Crippen molar-refractivity contribution in [3.8, 4) is 12.3 Å². The second-order valence-electron chi connectivity index (χ2n) is 3.45. The Hall–Kier alpha value is -1.83. The standard InChI is InChI=1S/C8H6.C5H13N3O/c1-2-8-6-4-3-5-7-8;6-3-1-2-4(7)5(8)9/h1,3-7H;4H,1-3,6-7H2,(H2,8,9)/t;4-/m.0/s1. The molecule has 0 unspecified atom stereocenters. The highest BCUT2D eigenvalue weighted by Gasteiger charge is 2.06. The first-order valence-corrected chi connectivity index (χ1v) is 5.38. The summed E-state index contributed by atoms with van der Waals surface area (Å²) in [4.78, 5) is 10.3. The second kappa shape index (κ2) is 9.40. The third-order valence-corrected chi connectivity index (χ3v) is 2.03. The minimum atomic E-state index is -0.520. The third kappa shape index (κ3) is 8.03. The molecule has 1 atom stereocenters. The molecule has 0 fully saturated rings. The normalized spacial score (nSPS) is 10.6. The number of carbonyl (C=O) groups excluding carboxylic acids is 1. The van der Waals surface area contributed by atoms with Crippen molar-refractivity contribution in [2.75, 3.05) is 6.54 Å². The van der Waals surface area contributed by atoms with Crippen LogP contribution in [0.5, 0.6) is 0 Å². The molecule has 4 nitrogen and oxygen atoms in total. The molecule has 6 N–H and O–H groups in total. The van der Waals surface area contributed by atoms with Crippen LogP contribution in [0.25, 0.3) is 0 Å². The smallest absolute Gasteiger partial charge is 0.234 e. The number of terminal acetylenes is 1. The fourth-order valence-electron chi connectivity index (χ4n) is 1.01. The predicted octanol–water partition coefficient (Wildman–Crippen LogP) is 0.206. The van der Waals surface area contributed by atoms with Gasteiger partial charge in [-0.2, -0.15) is 0 Å². The van der Waals surface area contributed by atoms with Gasteiger partial charge in [0.1, 0.15) is 0 Å². The molecule has 0 aliphatic carbocycles. The summed E-state index contributed by atoms with van der Waals surface area (Å²) < 4.78 is 0. The van der Waals surface area contributed by atoms with E-state index in [1.807, 2.05) is 30.3 Å². The van der Waals surface area contributed by atoms with E-state index in [1.54, 1.807) is 0 Å². The van der Waals surface area contributed by atoms with E-state index in [9.17, 15) is 4.79 Å². The van der Waals surface area contributed by atoms with Crippen LogP contribution >= 0.6 is 0 Å². The van der Waals surface area contributed by atoms with Gasteiger partial charge in [0.2, 0.25) is 5.91 Å². The molecule has 1 rings (SSSR count). The molecule has 0 bridgehead atoms. The van der Waals surface area contributed by atoms with Crippen molar-refractivity contribution in [1.82, 2.24) is 0 Å². The maximum Gasteiger partial charge on any atom is 0.234 e. The third-order valence-electron chi connectivity index (χ3n) is 2.03. The Balaban J connectivity index is 0.000000302. The molecule has 1 amide bonds. The molecule has 0 aliphatic rings. The Morgan fingerprint density at radius 1 is 1.35 bits per heavy atom. The number of primary amides is 1. The number of carbonyl (C=O) groups is 1. The zero-order valence-corrected chi connectivity index (χ0v) is 9.80. The molecular weight excluding hydrogens is 214 g/mol. The summed E-state index contributed by atoms with van der Waals surface area (Å²) in [5.74, 6) is 2.07. The first-order valence-electron chi connectivity index (χ1n) is 5.38. The monoisotopic (exact) mass is 233 g/mol. The van der Waals surface area contributed by atoms with Crippen molar-refractivity contribution in [3.63, 3.8) is 0 Å². The number of rotatable bonds is 4. The number of benzene rings is 1. The zero-order chi connectivity index (χ0) is 13.1. The largest absolute Gasteiger partial charge is 0.368 e. The molecule has 0 spiro atoms. The van der Waals surface area contributed by atoms with E-state index in [4.69, 9.17) is 23.6 Å². The Morgan fingerprint density at radius 2 is 1.94 bits per heavy atom. The van der Waals surface area contributed by atoms with E-state index in [0.29, 0.717) is 13.0 Å². The fraction of sp³-hybridized carbons (Fsp3) is 0.308. The van der Waals surface area contributed by atoms with Gasteiger partial charge in [0.05, 0.1) is 6.04 Å². The number of hydrogen-bond acceptors (Lipinski definition) is 3. The highest BCUT2D eigenvalue weighted by atomic mass is 16.1. The lowest BCUT2D eigenvalue weighted by Crippen LogP contribution is -2.36. The summed E-state index contributed by atoms with van der Waals surface area (Å²) in [7, 11) is 0. The Morgan fingerprint density at radius 3 is 2.29 bits per heavy atom. The lowest BCUT2D eigenvalue weighted by atomic mass is 10.1. The van der Waals surface area contributed by atoms with Gasteiger partial charge in [-0.3, -0.25) is 4.79 Å². The summed E-state index contributed by atoms with van der Waals surface area (Å²) in [6, 6.07) is 9.08. The van der Waals surface area contributed by atoms with Gasteiger partial charge >= 0.3 is 0 Å². The molecule has 0 heterocycles. The first kappa shape index (κ1) is 15.2. The van der Waals surface area contributed by atoms with Crippen molar-refractivity contribution in [1.29, 1.82) is 0 Å². The lowest BCUT2D eigenvalue weighted by Gasteiger charge is -2.03. The molecule has 1 aromatic rings. The number of nitrogens with two attached hydrogens (primary N) is 3. The Kier molecular flexibility index (Phi) is 8.39. The van der Waals surface area contributed by atoms with Gasteiger partial charge < -0.3 is 17.2 Å². The fourth-order valence-corrected chi connectivity index (χ4v) is 1.01. The van der Waals surface area contributed by atoms with Gasteiger partial charge in [0.25, 0.3) is 0 Å². The highest BCUT2D eigenvalue weighted by molar-refractivity contribution is 5.79. The van der Waals surface area contributed by atoms with Gasteiger partial charge in [-0.05, 0) is 31.5 Å². The van der Waals surface area contributed by atoms with Crippen molar-refractivity contribution in [2.24, 2.45) is 17.2 Å². The number of amides is 1. The molecule has 0 aromatic heterocycles. The molecule has 1 aromatic carbocycles. The molecule has 0 saturated carbocycles. The SMILES string of the molecule is C#Cc1ccccc1.NCCC[C@H](N)C(N)=O. The topological polar surface area (TPSA) is 95.1 Å². The van der Waals surface area contributed by atoms with E-state index >= 15 is 0 Å². The van der Waals surface area contributed by atoms with Crippen molar-refractivity contribution < 1.29 is 4.79 Å². The molecule has 0 aliphatic heterocycles. The second-order valence-corrected chi connectivity index (χ2v) is 3.45. The average Bonchev–Trinajstić information content (AvgIpc) is 2.37. The number of hydrogen-bond donors (Lipinski definition) is 3. The summed E-state index contributed by atoms with van der Waals surface area (Å²) in [5.41, 5.74) is 16.3. The molecular formula is C13H19N3O. The zero-order valence-electron chi connectivity index (χ0n) is 9.80. The first-order chi connectivity index (χ1) is 8.11. The summed E-state index contributed by atoms with van der Waals surface area (Å²) in [6.45, 7) is 0.557. The Labute approximate surface area is 102 Å². The van der Waals surface area contributed by atoms with Gasteiger partial charge in [-0.25, -0.2) is 0 Å². The van der Waals surface area contributed by atoms with E-state index in [1.165, 1.54) is 0 Å². The molecule has 4 heteroatoms. The van der Waals surface area contributed by atoms with Crippen LogP contribution in [0, 0.1) is 12.3 Å². The van der Waals surface area contributed by atoms with Gasteiger partial charge in [-0.15, -0.1) is 6.42 Å². The van der Waals surface area contributed by atoms with E-state index in [2.05, 4.69) is 5.92 Å². The van der Waals surface area contributed by atoms with Crippen LogP contribution in [0.4, 0.5) is 0 Å². The van der Waals surface area contributed by atoms with Crippen LogP contribution in [-0.2, 0) is 4.79 Å². The van der Waals surface area contributed by atoms with Crippen LogP contribution in [0.15, 0.2) is 30.3 Å². The quantitative estimate of drug-likeness (QED) is 0.648. The highest BCUT2D eigenvalue weighted by Crippen LogP contribution is 1.93. The van der Waals surface area contributed by atoms with Gasteiger partial charge in [0.15, 0.2) is 0 Å². The van der Waals surface area contributed by atoms with Gasteiger partial charge in [-0.1, -0.05) is 24.1 Å². The minimum Gasteiger partial charge on any atom is -0.368 e. The van der Waals surface area contributed by atoms with Crippen LogP contribution in [0.1, 0.15) is 18.4 Å². The lowest BCUT2D eigenvalue weighted by molar-refractivity contribution is -0.119. The predicted molar refractivity (Wildman–Crippen MR) is 69.8 cm³/mol. The maximum absolute atomic E-state index is 10.3. The van der Waals surface area contributed by atoms with E-state index < -0.39 is 11.9 Å². The van der Waals surface area contributed by atoms with Crippen LogP contribution < -0.4 is 17.2 Å². The molecule has 17 heavy (non-hydrogen) atoms.